The summed E-state index contributed by atoms with van der Waals surface area (Å²) in [5.41, 5.74) is 1.43. The Morgan fingerprint density at radius 2 is 2.30 bits per heavy atom. The predicted molar refractivity (Wildman–Crippen MR) is 80.0 cm³/mol. The molecule has 20 heavy (non-hydrogen) atoms. The van der Waals surface area contributed by atoms with Gasteiger partial charge in [0.25, 0.3) is 5.91 Å². The molecule has 1 fully saturated rings. The summed E-state index contributed by atoms with van der Waals surface area (Å²) in [6, 6.07) is 5.21. The molecule has 4 heteroatoms. The Bertz CT molecular complexity index is 474. The van der Waals surface area contributed by atoms with Gasteiger partial charge in [0.2, 0.25) is 0 Å². The molecule has 1 heterocycles. The van der Waals surface area contributed by atoms with Crippen LogP contribution in [0.1, 0.15) is 42.1 Å². The number of amides is 1. The van der Waals surface area contributed by atoms with Crippen molar-refractivity contribution in [2.45, 2.75) is 39.2 Å². The van der Waals surface area contributed by atoms with Gasteiger partial charge in [-0.15, -0.1) is 0 Å². The van der Waals surface area contributed by atoms with E-state index in [2.05, 4.69) is 17.6 Å². The van der Waals surface area contributed by atoms with Crippen molar-refractivity contribution < 1.29 is 9.90 Å². The quantitative estimate of drug-likeness (QED) is 0.790. The SMILES string of the molecule is CCC1CCCNC1CNC(=O)c1ccc(O)cc1C. The molecule has 1 aliphatic rings. The maximum Gasteiger partial charge on any atom is 0.251 e. The van der Waals surface area contributed by atoms with E-state index in [-0.39, 0.29) is 11.7 Å². The van der Waals surface area contributed by atoms with Crippen molar-refractivity contribution in [2.24, 2.45) is 5.92 Å². The lowest BCUT2D eigenvalue weighted by Gasteiger charge is -2.32. The average Bonchev–Trinajstić information content (AvgIpc) is 2.45. The van der Waals surface area contributed by atoms with Crippen LogP contribution in [0.2, 0.25) is 0 Å². The monoisotopic (exact) mass is 276 g/mol. The van der Waals surface area contributed by atoms with Crippen LogP contribution in [0.15, 0.2) is 18.2 Å². The van der Waals surface area contributed by atoms with Crippen LogP contribution >= 0.6 is 0 Å². The lowest BCUT2D eigenvalue weighted by molar-refractivity contribution is 0.0941. The fourth-order valence-electron chi connectivity index (χ4n) is 2.95. The van der Waals surface area contributed by atoms with E-state index < -0.39 is 0 Å². The van der Waals surface area contributed by atoms with Crippen molar-refractivity contribution >= 4 is 5.91 Å². The van der Waals surface area contributed by atoms with Gasteiger partial charge >= 0.3 is 0 Å². The van der Waals surface area contributed by atoms with Gasteiger partial charge in [0.05, 0.1) is 0 Å². The topological polar surface area (TPSA) is 61.4 Å². The van der Waals surface area contributed by atoms with Crippen LogP contribution in [-0.4, -0.2) is 30.1 Å². The Hall–Kier alpha value is -1.55. The number of phenols is 1. The minimum absolute atomic E-state index is 0.0651. The molecule has 0 bridgehead atoms. The molecule has 1 aliphatic heterocycles. The zero-order valence-corrected chi connectivity index (χ0v) is 12.3. The van der Waals surface area contributed by atoms with Crippen molar-refractivity contribution in [3.63, 3.8) is 0 Å². The molecule has 0 aromatic heterocycles. The Labute approximate surface area is 120 Å². The molecule has 0 spiro atoms. The second-order valence-electron chi connectivity index (χ2n) is 5.58. The third kappa shape index (κ3) is 3.51. The van der Waals surface area contributed by atoms with Gasteiger partial charge < -0.3 is 15.7 Å². The van der Waals surface area contributed by atoms with E-state index in [1.165, 1.54) is 12.8 Å². The van der Waals surface area contributed by atoms with Crippen LogP contribution < -0.4 is 10.6 Å². The molecular weight excluding hydrogens is 252 g/mol. The largest absolute Gasteiger partial charge is 0.508 e. The van der Waals surface area contributed by atoms with Gasteiger partial charge in [-0.3, -0.25) is 4.79 Å². The normalized spacial score (nSPS) is 22.5. The van der Waals surface area contributed by atoms with Crippen LogP contribution in [0, 0.1) is 12.8 Å². The first-order chi connectivity index (χ1) is 9.61. The smallest absolute Gasteiger partial charge is 0.251 e. The standard InChI is InChI=1S/C16H24N2O2/c1-3-12-5-4-8-17-15(12)10-18-16(20)14-7-6-13(19)9-11(14)2/h6-7,9,12,15,17,19H,3-5,8,10H2,1-2H3,(H,18,20). The van der Waals surface area contributed by atoms with Gasteiger partial charge in [0.1, 0.15) is 5.75 Å². The Kier molecular flexibility index (Phi) is 5.01. The second-order valence-corrected chi connectivity index (χ2v) is 5.58. The van der Waals surface area contributed by atoms with E-state index in [0.29, 0.717) is 24.1 Å². The Morgan fingerprint density at radius 3 is 3.00 bits per heavy atom. The minimum Gasteiger partial charge on any atom is -0.508 e. The highest BCUT2D eigenvalue weighted by atomic mass is 16.3. The summed E-state index contributed by atoms with van der Waals surface area (Å²) in [5.74, 6) is 0.772. The van der Waals surface area contributed by atoms with Crippen molar-refractivity contribution in [2.75, 3.05) is 13.1 Å². The number of hydrogen-bond acceptors (Lipinski definition) is 3. The second kappa shape index (κ2) is 6.75. The number of rotatable bonds is 4. The fraction of sp³-hybridized carbons (Fsp3) is 0.562. The van der Waals surface area contributed by atoms with Crippen molar-refractivity contribution in [1.82, 2.24) is 10.6 Å². The molecule has 2 rings (SSSR count). The number of hydrogen-bond donors (Lipinski definition) is 3. The summed E-state index contributed by atoms with van der Waals surface area (Å²) in [4.78, 5) is 12.2. The summed E-state index contributed by atoms with van der Waals surface area (Å²) in [6.45, 7) is 5.74. The van der Waals surface area contributed by atoms with E-state index >= 15 is 0 Å². The highest BCUT2D eigenvalue weighted by Gasteiger charge is 2.23. The summed E-state index contributed by atoms with van der Waals surface area (Å²) < 4.78 is 0. The molecule has 2 atom stereocenters. The van der Waals surface area contributed by atoms with Crippen LogP contribution in [0.25, 0.3) is 0 Å². The summed E-state index contributed by atoms with van der Waals surface area (Å²) in [6.07, 6.45) is 3.61. The van der Waals surface area contributed by atoms with E-state index in [1.807, 2.05) is 6.92 Å². The zero-order valence-electron chi connectivity index (χ0n) is 12.3. The number of nitrogens with one attached hydrogen (secondary N) is 2. The number of aromatic hydroxyl groups is 1. The lowest BCUT2D eigenvalue weighted by atomic mass is 9.88. The predicted octanol–water partition coefficient (Wildman–Crippen LogP) is 2.21. The van der Waals surface area contributed by atoms with Gasteiger partial charge in [-0.2, -0.15) is 0 Å². The molecule has 2 unspecified atom stereocenters. The minimum atomic E-state index is -0.0651. The van der Waals surface area contributed by atoms with Gasteiger partial charge in [0.15, 0.2) is 0 Å². The summed E-state index contributed by atoms with van der Waals surface area (Å²) in [7, 11) is 0. The number of benzene rings is 1. The molecule has 1 aromatic carbocycles. The number of aryl methyl sites for hydroxylation is 1. The molecule has 1 saturated heterocycles. The number of piperidine rings is 1. The van der Waals surface area contributed by atoms with Crippen LogP contribution in [0.4, 0.5) is 0 Å². The first kappa shape index (κ1) is 14.9. The van der Waals surface area contributed by atoms with E-state index in [1.54, 1.807) is 18.2 Å². The van der Waals surface area contributed by atoms with Crippen LogP contribution in [0.3, 0.4) is 0 Å². The lowest BCUT2D eigenvalue weighted by Crippen LogP contribution is -2.48. The van der Waals surface area contributed by atoms with Crippen molar-refractivity contribution in [3.8, 4) is 5.75 Å². The Balaban J connectivity index is 1.94. The molecule has 1 amide bonds. The molecular formula is C16H24N2O2. The van der Waals surface area contributed by atoms with Gasteiger partial charge in [0, 0.05) is 18.2 Å². The van der Waals surface area contributed by atoms with Gasteiger partial charge in [-0.25, -0.2) is 0 Å². The summed E-state index contributed by atoms with van der Waals surface area (Å²) in [5, 5.41) is 15.9. The van der Waals surface area contributed by atoms with Gasteiger partial charge in [-0.1, -0.05) is 13.3 Å². The molecule has 1 aromatic rings. The molecule has 0 radical (unpaired) electrons. The molecule has 0 aliphatic carbocycles. The third-order valence-electron chi connectivity index (χ3n) is 4.19. The number of carbonyl (C=O) groups is 1. The number of phenolic OH excluding ortho intramolecular Hbond substituents is 1. The van der Waals surface area contributed by atoms with Gasteiger partial charge in [-0.05, 0) is 56.0 Å². The first-order valence-corrected chi connectivity index (χ1v) is 7.43. The maximum atomic E-state index is 12.2. The van der Waals surface area contributed by atoms with E-state index in [9.17, 15) is 9.90 Å². The number of carbonyl (C=O) groups excluding carboxylic acids is 1. The average molecular weight is 276 g/mol. The zero-order chi connectivity index (χ0) is 14.5. The highest BCUT2D eigenvalue weighted by molar-refractivity contribution is 5.95. The maximum absolute atomic E-state index is 12.2. The Morgan fingerprint density at radius 1 is 1.50 bits per heavy atom. The van der Waals surface area contributed by atoms with Crippen molar-refractivity contribution in [3.05, 3.63) is 29.3 Å². The molecule has 0 saturated carbocycles. The van der Waals surface area contributed by atoms with Crippen LogP contribution in [0.5, 0.6) is 5.75 Å². The van der Waals surface area contributed by atoms with E-state index in [0.717, 1.165) is 18.5 Å². The highest BCUT2D eigenvalue weighted by Crippen LogP contribution is 2.20. The van der Waals surface area contributed by atoms with Crippen LogP contribution in [-0.2, 0) is 0 Å². The van der Waals surface area contributed by atoms with Crippen molar-refractivity contribution in [1.29, 1.82) is 0 Å². The third-order valence-corrected chi connectivity index (χ3v) is 4.19. The molecule has 3 N–H and O–H groups in total. The van der Waals surface area contributed by atoms with E-state index in [4.69, 9.17) is 0 Å². The molecule has 4 nitrogen and oxygen atoms in total. The first-order valence-electron chi connectivity index (χ1n) is 7.43. The summed E-state index contributed by atoms with van der Waals surface area (Å²) >= 11 is 0. The fourth-order valence-corrected chi connectivity index (χ4v) is 2.95. The molecule has 110 valence electrons.